The average molecular weight is 334 g/mol. The van der Waals surface area contributed by atoms with Crippen molar-refractivity contribution >= 4 is 21.7 Å². The molecule has 8 heteroatoms. The summed E-state index contributed by atoms with van der Waals surface area (Å²) in [5, 5.41) is 8.88. The van der Waals surface area contributed by atoms with Gasteiger partial charge in [0.2, 0.25) is 5.91 Å². The van der Waals surface area contributed by atoms with Gasteiger partial charge in [-0.05, 0) is 34.1 Å². The molecule has 0 aliphatic heterocycles. The molecular weight excluding hydrogens is 304 g/mol. The van der Waals surface area contributed by atoms with Crippen LogP contribution in [0.1, 0.15) is 34.1 Å². The molecule has 0 aliphatic rings. The molecule has 1 atom stereocenters. The molecule has 0 aromatic carbocycles. The van der Waals surface area contributed by atoms with Crippen LogP contribution in [0.15, 0.2) is 4.99 Å². The lowest BCUT2D eigenvalue weighted by Crippen LogP contribution is -2.44. The number of rotatable bonds is 8. The van der Waals surface area contributed by atoms with Gasteiger partial charge in [0.1, 0.15) is 9.84 Å². The number of hydrogen-bond donors (Lipinski definition) is 3. The van der Waals surface area contributed by atoms with Gasteiger partial charge in [-0.1, -0.05) is 0 Å². The van der Waals surface area contributed by atoms with Crippen LogP contribution in [0.25, 0.3) is 0 Å². The number of hydrogen-bond acceptors (Lipinski definition) is 4. The maximum absolute atomic E-state index is 11.8. The second kappa shape index (κ2) is 8.97. The Labute approximate surface area is 134 Å². The van der Waals surface area contributed by atoms with Crippen LogP contribution in [0, 0.1) is 5.41 Å². The van der Waals surface area contributed by atoms with Crippen LogP contribution in [0.5, 0.6) is 0 Å². The molecule has 22 heavy (non-hydrogen) atoms. The maximum atomic E-state index is 11.8. The lowest BCUT2D eigenvalue weighted by molar-refractivity contribution is -0.128. The van der Waals surface area contributed by atoms with Crippen molar-refractivity contribution in [1.82, 2.24) is 16.0 Å². The van der Waals surface area contributed by atoms with Crippen molar-refractivity contribution in [3.63, 3.8) is 0 Å². The molecule has 0 aromatic rings. The Kier molecular flexibility index (Phi) is 8.44. The van der Waals surface area contributed by atoms with Crippen LogP contribution in [0.3, 0.4) is 0 Å². The highest BCUT2D eigenvalue weighted by atomic mass is 32.2. The Hall–Kier alpha value is -1.31. The molecule has 0 fully saturated rings. The first-order valence-corrected chi connectivity index (χ1v) is 9.52. The first-order chi connectivity index (χ1) is 10.0. The monoisotopic (exact) mass is 334 g/mol. The summed E-state index contributed by atoms with van der Waals surface area (Å²) in [5.41, 5.74) is -0.604. The fourth-order valence-corrected chi connectivity index (χ4v) is 2.49. The predicted octanol–water partition coefficient (Wildman–Crippen LogP) is 0.137. The standard InChI is InChI=1S/C14H30N4O3S/c1-7-16-13(17-10-14(3,4)12(19)15-5)18-11(2)8-9-22(6,20)21/h11H,7-10H2,1-6H3,(H,15,19)(H2,16,17,18). The van der Waals surface area contributed by atoms with Crippen molar-refractivity contribution in [3.8, 4) is 0 Å². The molecule has 0 saturated carbocycles. The molecule has 0 saturated heterocycles. The van der Waals surface area contributed by atoms with E-state index in [1.165, 1.54) is 6.26 Å². The molecule has 0 aliphatic carbocycles. The van der Waals surface area contributed by atoms with E-state index in [0.717, 1.165) is 0 Å². The van der Waals surface area contributed by atoms with Crippen molar-refractivity contribution in [2.75, 3.05) is 32.1 Å². The van der Waals surface area contributed by atoms with Crippen LogP contribution in [-0.2, 0) is 14.6 Å². The lowest BCUT2D eigenvalue weighted by atomic mass is 9.93. The number of carbonyl (C=O) groups is 1. The summed E-state index contributed by atoms with van der Waals surface area (Å²) in [6.07, 6.45) is 1.73. The highest BCUT2D eigenvalue weighted by Crippen LogP contribution is 2.15. The predicted molar refractivity (Wildman–Crippen MR) is 90.8 cm³/mol. The molecule has 0 heterocycles. The van der Waals surface area contributed by atoms with Crippen molar-refractivity contribution in [3.05, 3.63) is 0 Å². The Morgan fingerprint density at radius 1 is 1.32 bits per heavy atom. The van der Waals surface area contributed by atoms with Gasteiger partial charge in [-0.3, -0.25) is 9.79 Å². The van der Waals surface area contributed by atoms with Gasteiger partial charge in [-0.15, -0.1) is 0 Å². The molecule has 0 radical (unpaired) electrons. The Balaban J connectivity index is 4.71. The molecule has 0 rings (SSSR count). The molecule has 1 unspecified atom stereocenters. The minimum Gasteiger partial charge on any atom is -0.359 e. The second-order valence-corrected chi connectivity index (χ2v) is 8.38. The summed E-state index contributed by atoms with van der Waals surface area (Å²) in [4.78, 5) is 16.2. The van der Waals surface area contributed by atoms with Gasteiger partial charge in [0, 0.05) is 25.9 Å². The number of nitrogens with one attached hydrogen (secondary N) is 3. The van der Waals surface area contributed by atoms with E-state index in [4.69, 9.17) is 0 Å². The Morgan fingerprint density at radius 2 is 1.91 bits per heavy atom. The number of sulfone groups is 1. The van der Waals surface area contributed by atoms with Gasteiger partial charge in [0.25, 0.3) is 0 Å². The Bertz CT molecular complexity index is 486. The largest absolute Gasteiger partial charge is 0.359 e. The van der Waals surface area contributed by atoms with Gasteiger partial charge >= 0.3 is 0 Å². The summed E-state index contributed by atoms with van der Waals surface area (Å²) in [7, 11) is -1.37. The summed E-state index contributed by atoms with van der Waals surface area (Å²) < 4.78 is 22.4. The van der Waals surface area contributed by atoms with Crippen molar-refractivity contribution in [2.45, 2.75) is 40.2 Å². The van der Waals surface area contributed by atoms with Gasteiger partial charge < -0.3 is 16.0 Å². The second-order valence-electron chi connectivity index (χ2n) is 6.12. The smallest absolute Gasteiger partial charge is 0.227 e. The third-order valence-electron chi connectivity index (χ3n) is 3.12. The fraction of sp³-hybridized carbons (Fsp3) is 0.857. The average Bonchev–Trinajstić information content (AvgIpc) is 2.41. The molecular formula is C14H30N4O3S. The van der Waals surface area contributed by atoms with Gasteiger partial charge in [0.15, 0.2) is 5.96 Å². The third-order valence-corrected chi connectivity index (χ3v) is 4.10. The summed E-state index contributed by atoms with van der Waals surface area (Å²) in [6, 6.07) is -0.0318. The zero-order chi connectivity index (χ0) is 17.4. The zero-order valence-electron chi connectivity index (χ0n) is 14.5. The minimum atomic E-state index is -2.97. The lowest BCUT2D eigenvalue weighted by Gasteiger charge is -2.22. The van der Waals surface area contributed by atoms with E-state index < -0.39 is 15.3 Å². The van der Waals surface area contributed by atoms with E-state index in [1.54, 1.807) is 7.05 Å². The van der Waals surface area contributed by atoms with Crippen LogP contribution in [0.4, 0.5) is 0 Å². The van der Waals surface area contributed by atoms with E-state index in [1.807, 2.05) is 27.7 Å². The number of guanidine groups is 1. The topological polar surface area (TPSA) is 99.7 Å². The van der Waals surface area contributed by atoms with E-state index in [-0.39, 0.29) is 17.7 Å². The van der Waals surface area contributed by atoms with Gasteiger partial charge in [-0.25, -0.2) is 8.42 Å². The molecule has 1 amide bonds. The first-order valence-electron chi connectivity index (χ1n) is 7.46. The van der Waals surface area contributed by atoms with Crippen LogP contribution >= 0.6 is 0 Å². The van der Waals surface area contributed by atoms with E-state index in [9.17, 15) is 13.2 Å². The highest BCUT2D eigenvalue weighted by molar-refractivity contribution is 7.90. The number of aliphatic imine (C=N–C) groups is 1. The number of nitrogens with zero attached hydrogens (tertiary/aromatic N) is 1. The minimum absolute atomic E-state index is 0.0318. The van der Waals surface area contributed by atoms with Crippen LogP contribution < -0.4 is 16.0 Å². The first kappa shape index (κ1) is 20.7. The Morgan fingerprint density at radius 3 is 2.36 bits per heavy atom. The molecule has 0 aromatic heterocycles. The quantitative estimate of drug-likeness (QED) is 0.433. The molecule has 3 N–H and O–H groups in total. The van der Waals surface area contributed by atoms with Crippen LogP contribution in [-0.4, -0.2) is 58.5 Å². The maximum Gasteiger partial charge on any atom is 0.227 e. The summed E-state index contributed by atoms with van der Waals surface area (Å²) >= 11 is 0. The molecule has 0 spiro atoms. The van der Waals surface area contributed by atoms with Crippen molar-refractivity contribution in [1.29, 1.82) is 0 Å². The summed E-state index contributed by atoms with van der Waals surface area (Å²) in [5.74, 6) is 0.641. The van der Waals surface area contributed by atoms with Crippen LogP contribution in [0.2, 0.25) is 0 Å². The highest BCUT2D eigenvalue weighted by Gasteiger charge is 2.26. The van der Waals surface area contributed by atoms with Crippen molar-refractivity contribution in [2.24, 2.45) is 10.4 Å². The number of carbonyl (C=O) groups excluding carboxylic acids is 1. The van der Waals surface area contributed by atoms with E-state index >= 15 is 0 Å². The van der Waals surface area contributed by atoms with E-state index in [0.29, 0.717) is 25.5 Å². The third kappa shape index (κ3) is 8.86. The summed E-state index contributed by atoms with van der Waals surface area (Å²) in [6.45, 7) is 8.52. The molecule has 0 bridgehead atoms. The SMILES string of the molecule is CCNC(=NCC(C)(C)C(=O)NC)NC(C)CCS(C)(=O)=O. The fourth-order valence-electron chi connectivity index (χ4n) is 1.70. The molecule has 130 valence electrons. The van der Waals surface area contributed by atoms with Crippen molar-refractivity contribution < 1.29 is 13.2 Å². The van der Waals surface area contributed by atoms with Gasteiger partial charge in [-0.2, -0.15) is 0 Å². The van der Waals surface area contributed by atoms with Gasteiger partial charge in [0.05, 0.1) is 17.7 Å². The normalized spacial score (nSPS) is 14.4. The number of amides is 1. The van der Waals surface area contributed by atoms with E-state index in [2.05, 4.69) is 20.9 Å². The zero-order valence-corrected chi connectivity index (χ0v) is 15.3. The molecule has 7 nitrogen and oxygen atoms in total.